The van der Waals surface area contributed by atoms with Crippen molar-refractivity contribution >= 4 is 16.9 Å². The lowest BCUT2D eigenvalue weighted by atomic mass is 9.59. The first-order chi connectivity index (χ1) is 12.5. The molecule has 1 aromatic heterocycles. The zero-order valence-electron chi connectivity index (χ0n) is 16.0. The Morgan fingerprint density at radius 2 is 2.08 bits per heavy atom. The maximum Gasteiger partial charge on any atom is 0.329 e. The van der Waals surface area contributed by atoms with Gasteiger partial charge in [-0.1, -0.05) is 36.8 Å². The standard InChI is InChI=1S/C22H26N2O2/c1-5-14-12-23-11-10-16-15-8-6-7-9-17(15)24-18(16)22(23,3)13-21(14,2)19(24)20(25)26-4/h5-9,19H,10-13H2,1-4H3/t19-,21-,22-/m0/s1. The van der Waals surface area contributed by atoms with Gasteiger partial charge in [0.25, 0.3) is 0 Å². The molecule has 0 spiro atoms. The predicted molar refractivity (Wildman–Crippen MR) is 102 cm³/mol. The van der Waals surface area contributed by atoms with Crippen LogP contribution >= 0.6 is 0 Å². The van der Waals surface area contributed by atoms with Crippen molar-refractivity contribution in [3.8, 4) is 0 Å². The Kier molecular flexibility index (Phi) is 3.11. The molecule has 0 amide bonds. The van der Waals surface area contributed by atoms with Crippen LogP contribution in [0.5, 0.6) is 0 Å². The minimum absolute atomic E-state index is 0.0294. The van der Waals surface area contributed by atoms with E-state index < -0.39 is 0 Å². The number of allylic oxidation sites excluding steroid dienone is 1. The number of carbonyl (C=O) groups excluding carboxylic acids is 1. The minimum Gasteiger partial charge on any atom is -0.467 e. The fourth-order valence-electron chi connectivity index (χ4n) is 6.20. The number of fused-ring (bicyclic) bond motifs is 4. The molecule has 3 aliphatic rings. The molecule has 0 N–H and O–H groups in total. The first kappa shape index (κ1) is 16.1. The van der Waals surface area contributed by atoms with E-state index in [2.05, 4.69) is 60.6 Å². The molecular formula is C22H26N2O2. The SMILES string of the molecule is CC=C1CN2CCc3c4n(c5ccccc35)[C@@H](C(=O)OC)[C@@]1(C)C[C@@]42C. The summed E-state index contributed by atoms with van der Waals surface area (Å²) in [5.74, 6) is -0.128. The van der Waals surface area contributed by atoms with Gasteiger partial charge >= 0.3 is 5.97 Å². The van der Waals surface area contributed by atoms with Crippen LogP contribution in [0.4, 0.5) is 0 Å². The van der Waals surface area contributed by atoms with Gasteiger partial charge in [0.1, 0.15) is 6.04 Å². The van der Waals surface area contributed by atoms with Gasteiger partial charge in [0.2, 0.25) is 0 Å². The molecule has 1 saturated heterocycles. The maximum atomic E-state index is 13.1. The van der Waals surface area contributed by atoms with Gasteiger partial charge in [0, 0.05) is 35.1 Å². The second kappa shape index (κ2) is 5.01. The number of para-hydroxylation sites is 1. The summed E-state index contributed by atoms with van der Waals surface area (Å²) < 4.78 is 7.66. The molecule has 2 aromatic rings. The summed E-state index contributed by atoms with van der Waals surface area (Å²) >= 11 is 0. The van der Waals surface area contributed by atoms with Crippen LogP contribution in [-0.4, -0.2) is 35.6 Å². The third kappa shape index (κ3) is 1.67. The Morgan fingerprint density at radius 1 is 1.31 bits per heavy atom. The fourth-order valence-corrected chi connectivity index (χ4v) is 6.20. The van der Waals surface area contributed by atoms with Gasteiger partial charge < -0.3 is 9.30 Å². The monoisotopic (exact) mass is 350 g/mol. The zero-order valence-corrected chi connectivity index (χ0v) is 16.0. The average Bonchev–Trinajstić information content (AvgIpc) is 2.96. The van der Waals surface area contributed by atoms with E-state index in [1.807, 2.05) is 0 Å². The van der Waals surface area contributed by atoms with Crippen molar-refractivity contribution in [1.82, 2.24) is 9.47 Å². The van der Waals surface area contributed by atoms with E-state index in [1.54, 1.807) is 0 Å². The van der Waals surface area contributed by atoms with Crippen LogP contribution in [0.1, 0.15) is 44.5 Å². The van der Waals surface area contributed by atoms with Gasteiger partial charge in [0.15, 0.2) is 0 Å². The lowest BCUT2D eigenvalue weighted by molar-refractivity contribution is -0.152. The molecular weight excluding hydrogens is 324 g/mol. The third-order valence-electron chi connectivity index (χ3n) is 7.30. The number of aromatic nitrogens is 1. The van der Waals surface area contributed by atoms with Crippen LogP contribution in [0, 0.1) is 5.41 Å². The van der Waals surface area contributed by atoms with Crippen molar-refractivity contribution in [3.63, 3.8) is 0 Å². The normalized spacial score (nSPS) is 34.3. The second-order valence-corrected chi connectivity index (χ2v) is 8.49. The number of esters is 1. The van der Waals surface area contributed by atoms with Crippen LogP contribution in [0.3, 0.4) is 0 Å². The van der Waals surface area contributed by atoms with Crippen LogP contribution in [-0.2, 0) is 21.5 Å². The average molecular weight is 350 g/mol. The Balaban J connectivity index is 1.94. The number of nitrogens with zero attached hydrogens (tertiary/aromatic N) is 2. The van der Waals surface area contributed by atoms with E-state index in [0.717, 1.165) is 25.9 Å². The van der Waals surface area contributed by atoms with E-state index in [1.165, 1.54) is 34.8 Å². The van der Waals surface area contributed by atoms with E-state index in [9.17, 15) is 4.79 Å². The summed E-state index contributed by atoms with van der Waals surface area (Å²) in [6, 6.07) is 8.26. The van der Waals surface area contributed by atoms with Crippen molar-refractivity contribution in [2.75, 3.05) is 20.2 Å². The number of rotatable bonds is 1. The number of benzene rings is 1. The molecule has 3 aliphatic heterocycles. The van der Waals surface area contributed by atoms with Crippen LogP contribution < -0.4 is 0 Å². The van der Waals surface area contributed by atoms with E-state index in [0.29, 0.717) is 0 Å². The van der Waals surface area contributed by atoms with Gasteiger partial charge in [0.05, 0.1) is 12.6 Å². The van der Waals surface area contributed by atoms with E-state index in [4.69, 9.17) is 4.74 Å². The largest absolute Gasteiger partial charge is 0.467 e. The Bertz CT molecular complexity index is 972. The van der Waals surface area contributed by atoms with Crippen molar-refractivity contribution in [1.29, 1.82) is 0 Å². The lowest BCUT2D eigenvalue weighted by Gasteiger charge is -2.61. The summed E-state index contributed by atoms with van der Waals surface area (Å²) in [5, 5.41) is 1.30. The highest BCUT2D eigenvalue weighted by atomic mass is 16.5. The zero-order chi connectivity index (χ0) is 18.3. The van der Waals surface area contributed by atoms with Crippen molar-refractivity contribution in [2.45, 2.75) is 45.2 Å². The summed E-state index contributed by atoms with van der Waals surface area (Å²) in [6.45, 7) is 8.76. The predicted octanol–water partition coefficient (Wildman–Crippen LogP) is 3.80. The number of ether oxygens (including phenoxy) is 1. The van der Waals surface area contributed by atoms with Crippen LogP contribution in [0.2, 0.25) is 0 Å². The van der Waals surface area contributed by atoms with E-state index in [-0.39, 0.29) is 23.0 Å². The molecule has 5 rings (SSSR count). The first-order valence-corrected chi connectivity index (χ1v) is 9.56. The summed E-state index contributed by atoms with van der Waals surface area (Å²) in [6.07, 6.45) is 4.23. The molecule has 26 heavy (non-hydrogen) atoms. The molecule has 0 aliphatic carbocycles. The highest BCUT2D eigenvalue weighted by molar-refractivity contribution is 5.90. The number of hydrogen-bond donors (Lipinski definition) is 0. The molecule has 4 heterocycles. The Hall–Kier alpha value is -2.07. The smallest absolute Gasteiger partial charge is 0.329 e. The summed E-state index contributed by atoms with van der Waals surface area (Å²) in [5.41, 5.74) is 5.04. The highest BCUT2D eigenvalue weighted by Gasteiger charge is 2.61. The maximum absolute atomic E-state index is 13.1. The summed E-state index contributed by atoms with van der Waals surface area (Å²) in [7, 11) is 1.52. The van der Waals surface area contributed by atoms with Gasteiger partial charge in [-0.2, -0.15) is 0 Å². The molecule has 0 unspecified atom stereocenters. The Morgan fingerprint density at radius 3 is 2.81 bits per heavy atom. The van der Waals surface area contributed by atoms with Gasteiger partial charge in [-0.3, -0.25) is 4.90 Å². The fraction of sp³-hybridized carbons (Fsp3) is 0.500. The third-order valence-corrected chi connectivity index (χ3v) is 7.30. The van der Waals surface area contributed by atoms with Gasteiger partial charge in [-0.25, -0.2) is 4.79 Å². The van der Waals surface area contributed by atoms with Crippen LogP contribution in [0.25, 0.3) is 10.9 Å². The van der Waals surface area contributed by atoms with Gasteiger partial charge in [-0.05, 0) is 38.3 Å². The van der Waals surface area contributed by atoms with Crippen molar-refractivity contribution in [3.05, 3.63) is 47.2 Å². The molecule has 0 radical (unpaired) electrons. The molecule has 0 saturated carbocycles. The number of hydrogen-bond acceptors (Lipinski definition) is 3. The number of methoxy groups -OCH3 is 1. The van der Waals surface area contributed by atoms with Gasteiger partial charge in [-0.15, -0.1) is 0 Å². The number of carbonyl (C=O) groups is 1. The Labute approximate surface area is 154 Å². The molecule has 1 aromatic carbocycles. The van der Waals surface area contributed by atoms with E-state index >= 15 is 0 Å². The molecule has 4 heteroatoms. The van der Waals surface area contributed by atoms with Crippen molar-refractivity contribution < 1.29 is 9.53 Å². The topological polar surface area (TPSA) is 34.5 Å². The second-order valence-electron chi connectivity index (χ2n) is 8.49. The van der Waals surface area contributed by atoms with Crippen molar-refractivity contribution in [2.24, 2.45) is 5.41 Å². The molecule has 3 atom stereocenters. The lowest BCUT2D eigenvalue weighted by Crippen LogP contribution is -2.63. The van der Waals surface area contributed by atoms with Crippen LogP contribution in [0.15, 0.2) is 35.9 Å². The molecule has 136 valence electrons. The number of piperidine rings is 1. The summed E-state index contributed by atoms with van der Waals surface area (Å²) in [4.78, 5) is 15.7. The first-order valence-electron chi connectivity index (χ1n) is 9.56. The quantitative estimate of drug-likeness (QED) is 0.580. The minimum atomic E-state index is -0.305. The molecule has 2 bridgehead atoms. The molecule has 1 fully saturated rings. The highest BCUT2D eigenvalue weighted by Crippen LogP contribution is 2.61. The molecule has 4 nitrogen and oxygen atoms in total.